The number of nitrogens with one attached hydrogen (secondary N) is 2. The van der Waals surface area contributed by atoms with Gasteiger partial charge in [0.2, 0.25) is 0 Å². The number of hydrogen-bond donors (Lipinski definition) is 3. The number of benzene rings is 2. The second kappa shape index (κ2) is 7.52. The molecule has 0 bridgehead atoms. The molecule has 3 N–H and O–H groups in total. The van der Waals surface area contributed by atoms with E-state index in [4.69, 9.17) is 9.97 Å². The average Bonchev–Trinajstić information content (AvgIpc) is 3.51. The minimum absolute atomic E-state index is 0.126. The Balaban J connectivity index is 1.57. The Labute approximate surface area is 189 Å². The Hall–Kier alpha value is -4.05. The molecule has 0 amide bonds. The highest BCUT2D eigenvalue weighted by atomic mass is 16.3. The maximum absolute atomic E-state index is 11.0. The quantitative estimate of drug-likeness (QED) is 0.390. The van der Waals surface area contributed by atoms with Crippen LogP contribution in [0.25, 0.3) is 44.7 Å². The first-order chi connectivity index (χ1) is 16.1. The van der Waals surface area contributed by atoms with E-state index in [9.17, 15) is 5.11 Å². The smallest absolute Gasteiger partial charge is 0.174 e. The summed E-state index contributed by atoms with van der Waals surface area (Å²) in [5, 5.41) is 27.6. The van der Waals surface area contributed by atoms with Gasteiger partial charge in [-0.2, -0.15) is 10.2 Å². The summed E-state index contributed by atoms with van der Waals surface area (Å²) in [6, 6.07) is 8.08. The van der Waals surface area contributed by atoms with E-state index >= 15 is 0 Å². The Bertz CT molecular complexity index is 1480. The predicted molar refractivity (Wildman–Crippen MR) is 126 cm³/mol. The van der Waals surface area contributed by atoms with E-state index in [0.29, 0.717) is 28.5 Å². The molecule has 1 aliphatic rings. The number of piperazine rings is 1. The molecule has 0 radical (unpaired) electrons. The number of fused-ring (bicyclic) bond motifs is 2. The van der Waals surface area contributed by atoms with Crippen LogP contribution >= 0.6 is 0 Å². The molecule has 0 unspecified atom stereocenters. The van der Waals surface area contributed by atoms with E-state index in [2.05, 4.69) is 42.6 Å². The van der Waals surface area contributed by atoms with Gasteiger partial charge in [0, 0.05) is 61.4 Å². The van der Waals surface area contributed by atoms with Gasteiger partial charge >= 0.3 is 0 Å². The van der Waals surface area contributed by atoms with Gasteiger partial charge in [-0.15, -0.1) is 0 Å². The zero-order valence-corrected chi connectivity index (χ0v) is 18.4. The van der Waals surface area contributed by atoms with Gasteiger partial charge in [-0.3, -0.25) is 9.78 Å². The van der Waals surface area contributed by atoms with Crippen molar-refractivity contribution in [1.82, 2.24) is 40.2 Å². The highest BCUT2D eigenvalue weighted by molar-refractivity contribution is 5.96. The summed E-state index contributed by atoms with van der Waals surface area (Å²) in [5.74, 6) is 1.11. The summed E-state index contributed by atoms with van der Waals surface area (Å²) in [6.45, 7) is 5.66. The molecule has 0 aliphatic carbocycles. The number of aromatic nitrogens is 7. The van der Waals surface area contributed by atoms with Crippen molar-refractivity contribution in [3.63, 3.8) is 0 Å². The van der Waals surface area contributed by atoms with Gasteiger partial charge in [0.05, 0.1) is 16.6 Å². The van der Waals surface area contributed by atoms with Crippen molar-refractivity contribution in [3.05, 3.63) is 42.4 Å². The third kappa shape index (κ3) is 3.26. The zero-order valence-electron chi connectivity index (χ0n) is 18.4. The summed E-state index contributed by atoms with van der Waals surface area (Å²) >= 11 is 0. The van der Waals surface area contributed by atoms with E-state index in [1.54, 1.807) is 4.68 Å². The lowest BCUT2D eigenvalue weighted by molar-refractivity contribution is 0.473. The average molecular weight is 441 g/mol. The number of hydrogen-bond acceptors (Lipinski definition) is 8. The Morgan fingerprint density at radius 3 is 2.73 bits per heavy atom. The van der Waals surface area contributed by atoms with Crippen LogP contribution in [0.1, 0.15) is 5.56 Å². The standard InChI is InChI=1S/C23H23N9O/c1-13-19-14(11-31(2)30-19)9-17(21(13)33)22-27-18-4-3-15(32-7-5-24-6-8-32)10-16(18)20(28-22)23-25-12-26-29-23/h3-4,9-12,24,33H,5-8H2,1-2H3,(H,25,26,29). The molecule has 1 saturated heterocycles. The SMILES string of the molecule is Cc1c(O)c(-c2nc(-c3ncn[nH]3)c3cc(N4CCNCC4)ccc3n2)cc2cn(C)nc12. The number of phenolic OH excluding ortho intramolecular Hbond substituents is 1. The first-order valence-electron chi connectivity index (χ1n) is 10.9. The van der Waals surface area contributed by atoms with Crippen molar-refractivity contribution in [1.29, 1.82) is 0 Å². The predicted octanol–water partition coefficient (Wildman–Crippen LogP) is 2.39. The second-order valence-corrected chi connectivity index (χ2v) is 8.31. The number of nitrogens with zero attached hydrogens (tertiary/aromatic N) is 7. The van der Waals surface area contributed by atoms with Crippen LogP contribution < -0.4 is 10.2 Å². The lowest BCUT2D eigenvalue weighted by Crippen LogP contribution is -2.43. The summed E-state index contributed by atoms with van der Waals surface area (Å²) in [6.07, 6.45) is 3.38. The van der Waals surface area contributed by atoms with E-state index in [1.807, 2.05) is 32.3 Å². The van der Waals surface area contributed by atoms with Gasteiger partial charge in [0.25, 0.3) is 0 Å². The highest BCUT2D eigenvalue weighted by Crippen LogP contribution is 2.37. The van der Waals surface area contributed by atoms with Crippen LogP contribution in [0.4, 0.5) is 5.69 Å². The van der Waals surface area contributed by atoms with E-state index < -0.39 is 0 Å². The Morgan fingerprint density at radius 1 is 1.09 bits per heavy atom. The largest absolute Gasteiger partial charge is 0.507 e. The van der Waals surface area contributed by atoms with Gasteiger partial charge in [-0.05, 0) is 31.2 Å². The monoisotopic (exact) mass is 441 g/mol. The maximum Gasteiger partial charge on any atom is 0.174 e. The van der Waals surface area contributed by atoms with Gasteiger partial charge in [-0.1, -0.05) is 0 Å². The van der Waals surface area contributed by atoms with Crippen LogP contribution in [0.3, 0.4) is 0 Å². The fourth-order valence-corrected chi connectivity index (χ4v) is 4.47. The van der Waals surface area contributed by atoms with Crippen LogP contribution in [0, 0.1) is 6.92 Å². The molecular formula is C23H23N9O. The molecule has 1 fully saturated rings. The number of rotatable bonds is 3. The van der Waals surface area contributed by atoms with Crippen LogP contribution in [0.15, 0.2) is 36.8 Å². The minimum Gasteiger partial charge on any atom is -0.507 e. The van der Waals surface area contributed by atoms with Crippen molar-refractivity contribution in [2.45, 2.75) is 6.92 Å². The van der Waals surface area contributed by atoms with Crippen molar-refractivity contribution in [3.8, 4) is 28.7 Å². The van der Waals surface area contributed by atoms with Gasteiger partial charge < -0.3 is 15.3 Å². The summed E-state index contributed by atoms with van der Waals surface area (Å²) in [7, 11) is 1.86. The zero-order chi connectivity index (χ0) is 22.5. The Kier molecular flexibility index (Phi) is 4.47. The molecule has 0 saturated carbocycles. The number of H-pyrrole nitrogens is 1. The van der Waals surface area contributed by atoms with Crippen LogP contribution in [0.5, 0.6) is 5.75 Å². The molecule has 2 aromatic carbocycles. The number of phenols is 1. The maximum atomic E-state index is 11.0. The highest BCUT2D eigenvalue weighted by Gasteiger charge is 2.20. The van der Waals surface area contributed by atoms with Crippen LogP contribution in [-0.2, 0) is 7.05 Å². The first kappa shape index (κ1) is 19.6. The van der Waals surface area contributed by atoms with Gasteiger partial charge in [0.1, 0.15) is 17.8 Å². The van der Waals surface area contributed by atoms with Gasteiger partial charge in [-0.25, -0.2) is 15.0 Å². The molecule has 5 aromatic rings. The molecule has 6 rings (SSSR count). The van der Waals surface area contributed by atoms with Crippen molar-refractivity contribution in [2.75, 3.05) is 31.1 Å². The number of aromatic hydroxyl groups is 1. The van der Waals surface area contributed by atoms with Crippen LogP contribution in [-0.4, -0.2) is 66.2 Å². The minimum atomic E-state index is 0.126. The van der Waals surface area contributed by atoms with E-state index in [1.165, 1.54) is 6.33 Å². The molecule has 33 heavy (non-hydrogen) atoms. The van der Waals surface area contributed by atoms with Gasteiger partial charge in [0.15, 0.2) is 11.6 Å². The topological polar surface area (TPSA) is 121 Å². The molecule has 10 heteroatoms. The molecule has 1 aliphatic heterocycles. The third-order valence-corrected chi connectivity index (χ3v) is 6.16. The van der Waals surface area contributed by atoms with E-state index in [-0.39, 0.29) is 5.75 Å². The lowest BCUT2D eigenvalue weighted by Gasteiger charge is -2.29. The fourth-order valence-electron chi connectivity index (χ4n) is 4.47. The molecule has 10 nitrogen and oxygen atoms in total. The van der Waals surface area contributed by atoms with Crippen molar-refractivity contribution < 1.29 is 5.11 Å². The third-order valence-electron chi connectivity index (χ3n) is 6.16. The second-order valence-electron chi connectivity index (χ2n) is 8.31. The van der Waals surface area contributed by atoms with Crippen molar-refractivity contribution in [2.24, 2.45) is 7.05 Å². The number of anilines is 1. The summed E-state index contributed by atoms with van der Waals surface area (Å²) in [5.41, 5.74) is 4.55. The molecule has 166 valence electrons. The van der Waals surface area contributed by atoms with Crippen molar-refractivity contribution >= 4 is 27.5 Å². The molecule has 0 spiro atoms. The van der Waals surface area contributed by atoms with E-state index in [0.717, 1.165) is 53.7 Å². The molecule has 3 aromatic heterocycles. The fraction of sp³-hybridized carbons (Fsp3) is 0.261. The summed E-state index contributed by atoms with van der Waals surface area (Å²) < 4.78 is 1.74. The normalized spacial score (nSPS) is 14.4. The van der Waals surface area contributed by atoms with Crippen LogP contribution in [0.2, 0.25) is 0 Å². The lowest BCUT2D eigenvalue weighted by atomic mass is 10.0. The molecule has 4 heterocycles. The molecular weight excluding hydrogens is 418 g/mol. The first-order valence-corrected chi connectivity index (χ1v) is 10.9. The summed E-state index contributed by atoms with van der Waals surface area (Å²) in [4.78, 5) is 16.4. The Morgan fingerprint density at radius 2 is 1.94 bits per heavy atom. The number of aryl methyl sites for hydroxylation is 2. The molecule has 0 atom stereocenters. The number of aromatic amines is 1.